The van der Waals surface area contributed by atoms with E-state index in [-0.39, 0.29) is 30.9 Å². The molecule has 0 saturated heterocycles. The summed E-state index contributed by atoms with van der Waals surface area (Å²) < 4.78 is 5.88. The van der Waals surface area contributed by atoms with Gasteiger partial charge in [-0.15, -0.1) is 10.2 Å². The average Bonchev–Trinajstić information content (AvgIpc) is 2.99. The lowest BCUT2D eigenvalue weighted by atomic mass is 10.2. The number of ether oxygens (including phenoxy) is 1. The Balaban J connectivity index is 1.74. The highest BCUT2D eigenvalue weighted by Gasteiger charge is 2.29. The van der Waals surface area contributed by atoms with Gasteiger partial charge in [0, 0.05) is 5.92 Å². The number of anilines is 2. The van der Waals surface area contributed by atoms with Gasteiger partial charge in [-0.25, -0.2) is 4.98 Å². The first-order valence-corrected chi connectivity index (χ1v) is 8.78. The van der Waals surface area contributed by atoms with Gasteiger partial charge in [0.25, 0.3) is 5.91 Å². The van der Waals surface area contributed by atoms with Gasteiger partial charge in [-0.1, -0.05) is 25.2 Å². The fourth-order valence-corrected chi connectivity index (χ4v) is 3.10. The Labute approximate surface area is 150 Å². The Morgan fingerprint density at radius 3 is 2.96 bits per heavy atom. The standard InChI is InChI=1S/C14H14BrN5O3S/c1-7(2)13-18-19-14(24-13)17-10(21)5-20-11(22)6-23-8-3-4-9(15)16-12(8)20/h3-4,7H,5-6H2,1-2H3,(H,17,19,21). The highest BCUT2D eigenvalue weighted by molar-refractivity contribution is 9.10. The normalized spacial score (nSPS) is 13.7. The second-order valence-corrected chi connectivity index (χ2v) is 7.19. The Morgan fingerprint density at radius 2 is 2.25 bits per heavy atom. The van der Waals surface area contributed by atoms with Gasteiger partial charge in [0.2, 0.25) is 11.0 Å². The number of carbonyl (C=O) groups excluding carboxylic acids is 2. The van der Waals surface area contributed by atoms with Crippen LogP contribution in [0, 0.1) is 0 Å². The summed E-state index contributed by atoms with van der Waals surface area (Å²) in [7, 11) is 0. The van der Waals surface area contributed by atoms with Crippen LogP contribution >= 0.6 is 27.3 Å². The van der Waals surface area contributed by atoms with Crippen LogP contribution in [-0.4, -0.2) is 40.1 Å². The molecule has 0 spiro atoms. The summed E-state index contributed by atoms with van der Waals surface area (Å²) in [6.45, 7) is 3.70. The molecule has 3 rings (SSSR count). The first kappa shape index (κ1) is 16.8. The van der Waals surface area contributed by atoms with Gasteiger partial charge in [0.1, 0.15) is 16.2 Å². The van der Waals surface area contributed by atoms with Gasteiger partial charge in [-0.05, 0) is 28.1 Å². The summed E-state index contributed by atoms with van der Waals surface area (Å²) >= 11 is 4.57. The van der Waals surface area contributed by atoms with Gasteiger partial charge < -0.3 is 4.74 Å². The van der Waals surface area contributed by atoms with Crippen molar-refractivity contribution < 1.29 is 14.3 Å². The second kappa shape index (κ2) is 6.81. The minimum atomic E-state index is -0.371. The Kier molecular flexibility index (Phi) is 4.76. The zero-order valence-electron chi connectivity index (χ0n) is 12.9. The van der Waals surface area contributed by atoms with E-state index in [1.807, 2.05) is 13.8 Å². The van der Waals surface area contributed by atoms with Crippen LogP contribution in [0.15, 0.2) is 16.7 Å². The van der Waals surface area contributed by atoms with Crippen LogP contribution in [0.3, 0.4) is 0 Å². The highest BCUT2D eigenvalue weighted by atomic mass is 79.9. The van der Waals surface area contributed by atoms with E-state index in [1.54, 1.807) is 12.1 Å². The number of hydrogen-bond acceptors (Lipinski definition) is 7. The molecule has 1 aliphatic heterocycles. The predicted octanol–water partition coefficient (Wildman–Crippen LogP) is 2.18. The third-order valence-corrected chi connectivity index (χ3v) is 4.78. The molecule has 0 unspecified atom stereocenters. The molecule has 2 aromatic heterocycles. The maximum atomic E-state index is 12.3. The molecule has 8 nitrogen and oxygen atoms in total. The first-order chi connectivity index (χ1) is 11.4. The van der Waals surface area contributed by atoms with E-state index in [0.29, 0.717) is 21.3 Å². The van der Waals surface area contributed by atoms with Crippen LogP contribution in [0.2, 0.25) is 0 Å². The number of pyridine rings is 1. The van der Waals surface area contributed by atoms with E-state index in [4.69, 9.17) is 4.74 Å². The van der Waals surface area contributed by atoms with E-state index in [1.165, 1.54) is 16.2 Å². The van der Waals surface area contributed by atoms with Crippen LogP contribution in [0.4, 0.5) is 10.9 Å². The molecule has 24 heavy (non-hydrogen) atoms. The van der Waals surface area contributed by atoms with Crippen LogP contribution in [-0.2, 0) is 9.59 Å². The summed E-state index contributed by atoms with van der Waals surface area (Å²) in [5.41, 5.74) is 0. The van der Waals surface area contributed by atoms with Crippen LogP contribution in [0.25, 0.3) is 0 Å². The van der Waals surface area contributed by atoms with Crippen molar-refractivity contribution in [3.63, 3.8) is 0 Å². The molecule has 1 aliphatic rings. The molecule has 0 aromatic carbocycles. The van der Waals surface area contributed by atoms with Crippen molar-refractivity contribution in [2.24, 2.45) is 0 Å². The quantitative estimate of drug-likeness (QED) is 0.774. The number of fused-ring (bicyclic) bond motifs is 1. The minimum Gasteiger partial charge on any atom is -0.480 e. The van der Waals surface area contributed by atoms with E-state index in [0.717, 1.165) is 5.01 Å². The number of aromatic nitrogens is 3. The summed E-state index contributed by atoms with van der Waals surface area (Å²) in [5, 5.41) is 11.9. The number of halogens is 1. The minimum absolute atomic E-state index is 0.125. The number of rotatable bonds is 4. The summed E-state index contributed by atoms with van der Waals surface area (Å²) in [6, 6.07) is 3.41. The lowest BCUT2D eigenvalue weighted by Gasteiger charge is -2.27. The molecule has 10 heteroatoms. The van der Waals surface area contributed by atoms with Crippen molar-refractivity contribution in [1.82, 2.24) is 15.2 Å². The Bertz CT molecular complexity index is 794. The molecule has 0 radical (unpaired) electrons. The lowest BCUT2D eigenvalue weighted by molar-refractivity contribution is -0.123. The van der Waals surface area contributed by atoms with Crippen LogP contribution in [0.1, 0.15) is 24.8 Å². The van der Waals surface area contributed by atoms with Gasteiger partial charge in [0.15, 0.2) is 18.2 Å². The zero-order valence-corrected chi connectivity index (χ0v) is 15.3. The number of nitrogens with zero attached hydrogens (tertiary/aromatic N) is 4. The van der Waals surface area contributed by atoms with Crippen LogP contribution in [0.5, 0.6) is 5.75 Å². The largest absolute Gasteiger partial charge is 0.480 e. The molecule has 0 fully saturated rings. The van der Waals surface area contributed by atoms with E-state index in [2.05, 4.69) is 36.4 Å². The van der Waals surface area contributed by atoms with Crippen molar-refractivity contribution in [2.75, 3.05) is 23.4 Å². The lowest BCUT2D eigenvalue weighted by Crippen LogP contribution is -2.44. The highest BCUT2D eigenvalue weighted by Crippen LogP contribution is 2.31. The van der Waals surface area contributed by atoms with Crippen molar-refractivity contribution in [1.29, 1.82) is 0 Å². The monoisotopic (exact) mass is 411 g/mol. The molecular formula is C14H14BrN5O3S. The zero-order chi connectivity index (χ0) is 17.3. The molecule has 0 bridgehead atoms. The second-order valence-electron chi connectivity index (χ2n) is 5.37. The van der Waals surface area contributed by atoms with Crippen molar-refractivity contribution in [3.8, 4) is 5.75 Å². The molecule has 2 amide bonds. The Morgan fingerprint density at radius 1 is 1.46 bits per heavy atom. The van der Waals surface area contributed by atoms with Gasteiger partial charge in [-0.2, -0.15) is 0 Å². The summed E-state index contributed by atoms with van der Waals surface area (Å²) in [6.07, 6.45) is 0. The van der Waals surface area contributed by atoms with E-state index >= 15 is 0 Å². The molecule has 0 aliphatic carbocycles. The van der Waals surface area contributed by atoms with Gasteiger partial charge in [0.05, 0.1) is 0 Å². The third-order valence-electron chi connectivity index (χ3n) is 3.20. The predicted molar refractivity (Wildman–Crippen MR) is 92.4 cm³/mol. The number of carbonyl (C=O) groups is 2. The number of hydrogen-bond donors (Lipinski definition) is 1. The van der Waals surface area contributed by atoms with Gasteiger partial charge >= 0.3 is 0 Å². The first-order valence-electron chi connectivity index (χ1n) is 7.17. The molecule has 1 N–H and O–H groups in total. The van der Waals surface area contributed by atoms with E-state index < -0.39 is 0 Å². The maximum Gasteiger partial charge on any atom is 0.266 e. The molecule has 0 atom stereocenters. The molecule has 2 aromatic rings. The number of nitrogens with one attached hydrogen (secondary N) is 1. The Hall–Kier alpha value is -2.07. The summed E-state index contributed by atoms with van der Waals surface area (Å²) in [5.74, 6) is 0.315. The van der Waals surface area contributed by atoms with Crippen LogP contribution < -0.4 is 15.0 Å². The molecular weight excluding hydrogens is 398 g/mol. The maximum absolute atomic E-state index is 12.3. The number of amides is 2. The molecule has 0 saturated carbocycles. The van der Waals surface area contributed by atoms with Crippen molar-refractivity contribution in [2.45, 2.75) is 19.8 Å². The SMILES string of the molecule is CC(C)c1nnc(NC(=O)CN2C(=O)COc3ccc(Br)nc32)s1. The summed E-state index contributed by atoms with van der Waals surface area (Å²) in [4.78, 5) is 29.9. The topological polar surface area (TPSA) is 97.3 Å². The average molecular weight is 412 g/mol. The van der Waals surface area contributed by atoms with Gasteiger partial charge in [-0.3, -0.25) is 19.8 Å². The third kappa shape index (κ3) is 3.54. The van der Waals surface area contributed by atoms with Crippen molar-refractivity contribution >= 4 is 50.0 Å². The van der Waals surface area contributed by atoms with E-state index in [9.17, 15) is 9.59 Å². The molecule has 126 valence electrons. The fraction of sp³-hybridized carbons (Fsp3) is 0.357. The van der Waals surface area contributed by atoms with Crippen molar-refractivity contribution in [3.05, 3.63) is 21.7 Å². The smallest absolute Gasteiger partial charge is 0.266 e. The molecule has 3 heterocycles. The fourth-order valence-electron chi connectivity index (χ4n) is 2.04.